The molecule has 0 saturated carbocycles. The fourth-order valence-corrected chi connectivity index (χ4v) is 4.03. The number of halogens is 1. The molecule has 0 fully saturated rings. The minimum atomic E-state index is 0.0614. The van der Waals surface area contributed by atoms with Crippen LogP contribution in [0.4, 0.5) is 0 Å². The highest BCUT2D eigenvalue weighted by atomic mass is 35.5. The van der Waals surface area contributed by atoms with E-state index in [0.717, 1.165) is 48.5 Å². The van der Waals surface area contributed by atoms with Gasteiger partial charge < -0.3 is 14.9 Å². The van der Waals surface area contributed by atoms with E-state index < -0.39 is 0 Å². The molecule has 0 spiro atoms. The summed E-state index contributed by atoms with van der Waals surface area (Å²) in [6.07, 6.45) is 8.54. The summed E-state index contributed by atoms with van der Waals surface area (Å²) in [5, 5.41) is 5.14. The summed E-state index contributed by atoms with van der Waals surface area (Å²) in [4.78, 5) is 15.8. The third-order valence-electron chi connectivity index (χ3n) is 5.01. The fourth-order valence-electron chi connectivity index (χ4n) is 3.80. The normalized spacial score (nSPS) is 16.8. The number of hydrogen-bond donors (Lipinski definition) is 2. The summed E-state index contributed by atoms with van der Waals surface area (Å²) < 4.78 is 2.10. The molecule has 2 N–H and O–H groups in total. The highest BCUT2D eigenvalue weighted by molar-refractivity contribution is 6.35. The monoisotopic (exact) mass is 355 g/mol. The van der Waals surface area contributed by atoms with Crippen LogP contribution < -0.4 is 5.32 Å². The zero-order valence-corrected chi connectivity index (χ0v) is 14.9. The summed E-state index contributed by atoms with van der Waals surface area (Å²) in [6, 6.07) is 10.1. The summed E-state index contributed by atoms with van der Waals surface area (Å²) in [6.45, 7) is 0.873. The molecule has 2 heterocycles. The van der Waals surface area contributed by atoms with Crippen molar-refractivity contribution in [1.82, 2.24) is 14.9 Å². The van der Waals surface area contributed by atoms with Gasteiger partial charge in [-0.15, -0.1) is 0 Å². The molecule has 1 aromatic carbocycles. The van der Waals surface area contributed by atoms with Gasteiger partial charge >= 0.3 is 0 Å². The van der Waals surface area contributed by atoms with E-state index >= 15 is 0 Å². The first-order valence-electron chi connectivity index (χ1n) is 8.91. The molecule has 0 bridgehead atoms. The first-order valence-corrected chi connectivity index (χ1v) is 9.29. The predicted octanol–water partition coefficient (Wildman–Crippen LogP) is 4.60. The van der Waals surface area contributed by atoms with Crippen molar-refractivity contribution in [2.75, 3.05) is 0 Å². The van der Waals surface area contributed by atoms with E-state index in [4.69, 9.17) is 11.6 Å². The third kappa shape index (κ3) is 3.31. The first-order chi connectivity index (χ1) is 12.2. The molecule has 0 radical (unpaired) electrons. The number of benzene rings is 1. The molecule has 0 unspecified atom stereocenters. The van der Waals surface area contributed by atoms with Crippen molar-refractivity contribution in [2.45, 2.75) is 44.7 Å². The van der Waals surface area contributed by atoms with Gasteiger partial charge in [0.25, 0.3) is 0 Å². The summed E-state index contributed by atoms with van der Waals surface area (Å²) >= 11 is 6.33. The second kappa shape index (κ2) is 6.96. The Hall–Kier alpha value is -2.20. The smallest absolute Gasteiger partial charge is 0.220 e. The van der Waals surface area contributed by atoms with E-state index in [1.54, 1.807) is 0 Å². The molecule has 1 aliphatic rings. The molecule has 1 aliphatic carbocycles. The lowest BCUT2D eigenvalue weighted by molar-refractivity contribution is -0.122. The second-order valence-corrected chi connectivity index (χ2v) is 7.12. The molecule has 25 heavy (non-hydrogen) atoms. The van der Waals surface area contributed by atoms with E-state index in [9.17, 15) is 4.79 Å². The third-order valence-corrected chi connectivity index (χ3v) is 5.33. The Balaban J connectivity index is 1.44. The van der Waals surface area contributed by atoms with Crippen molar-refractivity contribution >= 4 is 28.4 Å². The number of H-pyrrole nitrogens is 1. The SMILES string of the molecule is O=C(CCCn1cccc1)N[C@@H]1CCCc2c1[nH]c1c(Cl)cccc21. The highest BCUT2D eigenvalue weighted by Gasteiger charge is 2.25. The number of aryl methyl sites for hydroxylation is 2. The Labute approximate surface area is 152 Å². The molecule has 1 amide bonds. The predicted molar refractivity (Wildman–Crippen MR) is 101 cm³/mol. The van der Waals surface area contributed by atoms with Gasteiger partial charge in [0.1, 0.15) is 0 Å². The lowest BCUT2D eigenvalue weighted by atomic mass is 9.91. The van der Waals surface area contributed by atoms with Crippen LogP contribution in [0.2, 0.25) is 5.02 Å². The Morgan fingerprint density at radius 3 is 2.96 bits per heavy atom. The number of nitrogens with zero attached hydrogens (tertiary/aromatic N) is 1. The Kier molecular flexibility index (Phi) is 4.53. The molecular formula is C20H22ClN3O. The van der Waals surface area contributed by atoms with Gasteiger partial charge in [-0.2, -0.15) is 0 Å². The molecule has 130 valence electrons. The topological polar surface area (TPSA) is 49.8 Å². The number of aromatic nitrogens is 2. The molecule has 0 saturated heterocycles. The zero-order valence-electron chi connectivity index (χ0n) is 14.1. The van der Waals surface area contributed by atoms with E-state index in [2.05, 4.69) is 20.9 Å². The van der Waals surface area contributed by atoms with Crippen LogP contribution >= 0.6 is 11.6 Å². The van der Waals surface area contributed by atoms with Crippen LogP contribution in [0, 0.1) is 0 Å². The van der Waals surface area contributed by atoms with Crippen LogP contribution in [-0.2, 0) is 17.8 Å². The lowest BCUT2D eigenvalue weighted by Crippen LogP contribution is -2.31. The van der Waals surface area contributed by atoms with Crippen LogP contribution in [-0.4, -0.2) is 15.5 Å². The van der Waals surface area contributed by atoms with E-state index in [1.807, 2.05) is 36.7 Å². The summed E-state index contributed by atoms with van der Waals surface area (Å²) in [5.74, 6) is 0.120. The number of para-hydroxylation sites is 1. The van der Waals surface area contributed by atoms with Gasteiger partial charge in [0.05, 0.1) is 16.6 Å². The maximum Gasteiger partial charge on any atom is 0.220 e. The fraction of sp³-hybridized carbons (Fsp3) is 0.350. The number of hydrogen-bond acceptors (Lipinski definition) is 1. The maximum absolute atomic E-state index is 12.4. The number of carbonyl (C=O) groups excluding carboxylic acids is 1. The first kappa shape index (κ1) is 16.3. The number of fused-ring (bicyclic) bond motifs is 3. The quantitative estimate of drug-likeness (QED) is 0.690. The average Bonchev–Trinajstić information content (AvgIpc) is 3.24. The number of amides is 1. The molecular weight excluding hydrogens is 334 g/mol. The van der Waals surface area contributed by atoms with Crippen molar-refractivity contribution in [3.63, 3.8) is 0 Å². The van der Waals surface area contributed by atoms with Gasteiger partial charge in [-0.3, -0.25) is 4.79 Å². The Bertz CT molecular complexity index is 882. The maximum atomic E-state index is 12.4. The lowest BCUT2D eigenvalue weighted by Gasteiger charge is -2.24. The molecule has 2 aromatic heterocycles. The second-order valence-electron chi connectivity index (χ2n) is 6.72. The van der Waals surface area contributed by atoms with Crippen LogP contribution in [0.15, 0.2) is 42.7 Å². The van der Waals surface area contributed by atoms with Gasteiger partial charge in [-0.25, -0.2) is 0 Å². The van der Waals surface area contributed by atoms with Crippen molar-refractivity contribution in [3.05, 3.63) is 59.0 Å². The molecule has 4 rings (SSSR count). The molecule has 0 aliphatic heterocycles. The van der Waals surface area contributed by atoms with E-state index in [0.29, 0.717) is 6.42 Å². The van der Waals surface area contributed by atoms with Crippen molar-refractivity contribution in [3.8, 4) is 0 Å². The van der Waals surface area contributed by atoms with Crippen molar-refractivity contribution in [1.29, 1.82) is 0 Å². The van der Waals surface area contributed by atoms with Crippen LogP contribution in [0.5, 0.6) is 0 Å². The minimum Gasteiger partial charge on any atom is -0.355 e. The summed E-state index contributed by atoms with van der Waals surface area (Å²) in [7, 11) is 0. The van der Waals surface area contributed by atoms with E-state index in [-0.39, 0.29) is 11.9 Å². The van der Waals surface area contributed by atoms with Crippen molar-refractivity contribution < 1.29 is 4.79 Å². The Morgan fingerprint density at radius 1 is 1.28 bits per heavy atom. The zero-order chi connectivity index (χ0) is 17.2. The van der Waals surface area contributed by atoms with Gasteiger partial charge in [0, 0.05) is 36.4 Å². The molecule has 4 nitrogen and oxygen atoms in total. The largest absolute Gasteiger partial charge is 0.355 e. The molecule has 1 atom stereocenters. The van der Waals surface area contributed by atoms with Gasteiger partial charge in [-0.05, 0) is 49.4 Å². The molecule has 3 aromatic rings. The number of rotatable bonds is 5. The average molecular weight is 356 g/mol. The van der Waals surface area contributed by atoms with Crippen LogP contribution in [0.1, 0.15) is 43.0 Å². The summed E-state index contributed by atoms with van der Waals surface area (Å²) in [5.41, 5.74) is 3.43. The standard InChI is InChI=1S/C20H22ClN3O/c21-16-8-3-6-14-15-7-4-9-17(20(15)23-19(14)16)22-18(25)10-5-13-24-11-1-2-12-24/h1-3,6,8,11-12,17,23H,4-5,7,9-10,13H2,(H,22,25)/t17-/m1/s1. The number of carbonyl (C=O) groups is 1. The Morgan fingerprint density at radius 2 is 2.12 bits per heavy atom. The van der Waals surface area contributed by atoms with Gasteiger partial charge in [0.2, 0.25) is 5.91 Å². The van der Waals surface area contributed by atoms with Crippen LogP contribution in [0.3, 0.4) is 0 Å². The molecule has 5 heteroatoms. The number of nitrogens with one attached hydrogen (secondary N) is 2. The van der Waals surface area contributed by atoms with Crippen molar-refractivity contribution in [2.24, 2.45) is 0 Å². The number of aromatic amines is 1. The van der Waals surface area contributed by atoms with Crippen LogP contribution in [0.25, 0.3) is 10.9 Å². The van der Waals surface area contributed by atoms with E-state index in [1.165, 1.54) is 10.9 Å². The highest BCUT2D eigenvalue weighted by Crippen LogP contribution is 2.36. The van der Waals surface area contributed by atoms with Gasteiger partial charge in [0.15, 0.2) is 0 Å². The minimum absolute atomic E-state index is 0.0614. The van der Waals surface area contributed by atoms with Gasteiger partial charge in [-0.1, -0.05) is 23.7 Å².